The molecule has 0 radical (unpaired) electrons. The van der Waals surface area contributed by atoms with Crippen LogP contribution in [0.1, 0.15) is 12.0 Å². The molecule has 3 rings (SSSR count). The second-order valence-corrected chi connectivity index (χ2v) is 7.18. The molecule has 0 aliphatic heterocycles. The van der Waals surface area contributed by atoms with Crippen LogP contribution in [0.5, 0.6) is 0 Å². The molecule has 0 unspecified atom stereocenters. The van der Waals surface area contributed by atoms with E-state index < -0.39 is 0 Å². The lowest BCUT2D eigenvalue weighted by Crippen LogP contribution is -2.34. The van der Waals surface area contributed by atoms with E-state index >= 15 is 0 Å². The van der Waals surface area contributed by atoms with Gasteiger partial charge in [-0.3, -0.25) is 19.0 Å². The van der Waals surface area contributed by atoms with Gasteiger partial charge in [0.2, 0.25) is 11.8 Å². The van der Waals surface area contributed by atoms with Gasteiger partial charge in [-0.05, 0) is 52.7 Å². The summed E-state index contributed by atoms with van der Waals surface area (Å²) in [6, 6.07) is 12.6. The summed E-state index contributed by atoms with van der Waals surface area (Å²) in [5.41, 5.74) is 2.07. The Labute approximate surface area is 169 Å². The Morgan fingerprint density at radius 1 is 1.14 bits per heavy atom. The number of aromatic nitrogens is 2. The quantitative estimate of drug-likeness (QED) is 0.613. The minimum Gasteiger partial charge on any atom is -0.354 e. The molecule has 144 valence electrons. The van der Waals surface area contributed by atoms with Crippen molar-refractivity contribution in [3.8, 4) is 0 Å². The number of hydrogen-bond acceptors (Lipinski definition) is 4. The van der Waals surface area contributed by atoms with Crippen LogP contribution >= 0.6 is 15.9 Å². The van der Waals surface area contributed by atoms with Crippen LogP contribution in [0.15, 0.2) is 58.1 Å². The minimum absolute atomic E-state index is 0.122. The zero-order chi connectivity index (χ0) is 20.1. The summed E-state index contributed by atoms with van der Waals surface area (Å²) in [5.74, 6) is -0.571. The Morgan fingerprint density at radius 3 is 2.71 bits per heavy atom. The van der Waals surface area contributed by atoms with Crippen molar-refractivity contribution in [3.63, 3.8) is 0 Å². The first-order valence-corrected chi connectivity index (χ1v) is 9.50. The molecule has 2 amide bonds. The molecule has 0 aliphatic carbocycles. The van der Waals surface area contributed by atoms with Crippen molar-refractivity contribution in [3.05, 3.63) is 69.2 Å². The fourth-order valence-corrected chi connectivity index (χ4v) is 3.27. The fourth-order valence-electron chi connectivity index (χ4n) is 2.68. The average Bonchev–Trinajstić information content (AvgIpc) is 2.66. The number of halogens is 1. The summed E-state index contributed by atoms with van der Waals surface area (Å²) >= 11 is 3.41. The van der Waals surface area contributed by atoms with Crippen LogP contribution in [0.25, 0.3) is 10.9 Å². The van der Waals surface area contributed by atoms with Crippen LogP contribution in [0.3, 0.4) is 0 Å². The molecule has 0 atom stereocenters. The molecular formula is C20H19BrN4O3. The highest BCUT2D eigenvalue weighted by molar-refractivity contribution is 9.10. The van der Waals surface area contributed by atoms with Gasteiger partial charge in [-0.15, -0.1) is 0 Å². The van der Waals surface area contributed by atoms with Crippen LogP contribution in [0.2, 0.25) is 0 Å². The molecule has 8 heteroatoms. The standard InChI is InChI=1S/C20H19BrN4O3/c1-13-6-7-17(15(21)10-13)24-18(26)8-9-22-19(27)11-25-12-23-16-5-3-2-4-14(16)20(25)28/h2-7,10,12H,8-9,11H2,1H3,(H,22,27)(H,24,26). The van der Waals surface area contributed by atoms with Crippen molar-refractivity contribution in [2.45, 2.75) is 19.9 Å². The first-order chi connectivity index (χ1) is 13.4. The summed E-state index contributed by atoms with van der Waals surface area (Å²) in [7, 11) is 0. The van der Waals surface area contributed by atoms with Gasteiger partial charge in [0.15, 0.2) is 0 Å². The Morgan fingerprint density at radius 2 is 1.93 bits per heavy atom. The van der Waals surface area contributed by atoms with Crippen LogP contribution in [0.4, 0.5) is 5.69 Å². The summed E-state index contributed by atoms with van der Waals surface area (Å²) < 4.78 is 2.05. The molecule has 0 saturated carbocycles. The number of hydrogen-bond donors (Lipinski definition) is 2. The number of aryl methyl sites for hydroxylation is 1. The van der Waals surface area contributed by atoms with Crippen molar-refractivity contribution >= 4 is 44.3 Å². The third-order valence-corrected chi connectivity index (χ3v) is 4.77. The molecule has 1 heterocycles. The van der Waals surface area contributed by atoms with Gasteiger partial charge in [-0.1, -0.05) is 18.2 Å². The average molecular weight is 443 g/mol. The van der Waals surface area contributed by atoms with E-state index in [1.54, 1.807) is 24.3 Å². The summed E-state index contributed by atoms with van der Waals surface area (Å²) in [6.45, 7) is 1.98. The molecule has 2 N–H and O–H groups in total. The number of nitrogens with one attached hydrogen (secondary N) is 2. The van der Waals surface area contributed by atoms with Gasteiger partial charge in [0.05, 0.1) is 22.9 Å². The number of para-hydroxylation sites is 1. The lowest BCUT2D eigenvalue weighted by atomic mass is 10.2. The van der Waals surface area contributed by atoms with Crippen LogP contribution in [-0.4, -0.2) is 27.9 Å². The molecule has 0 fully saturated rings. The number of carbonyl (C=O) groups is 2. The van der Waals surface area contributed by atoms with Crippen LogP contribution in [0, 0.1) is 6.92 Å². The van der Waals surface area contributed by atoms with E-state index in [1.165, 1.54) is 10.9 Å². The minimum atomic E-state index is -0.358. The number of carbonyl (C=O) groups excluding carboxylic acids is 2. The number of nitrogens with zero attached hydrogens (tertiary/aromatic N) is 2. The molecule has 0 bridgehead atoms. The van der Waals surface area contributed by atoms with Gasteiger partial charge in [-0.2, -0.15) is 0 Å². The maximum atomic E-state index is 12.4. The molecule has 0 aliphatic rings. The van der Waals surface area contributed by atoms with Gasteiger partial charge in [0.25, 0.3) is 5.56 Å². The SMILES string of the molecule is Cc1ccc(NC(=O)CCNC(=O)Cn2cnc3ccccc3c2=O)c(Br)c1. The van der Waals surface area contributed by atoms with Crippen molar-refractivity contribution in [1.29, 1.82) is 0 Å². The summed E-state index contributed by atoms with van der Waals surface area (Å²) in [6.07, 6.45) is 1.47. The Hall–Kier alpha value is -3.00. The highest BCUT2D eigenvalue weighted by Gasteiger charge is 2.09. The van der Waals surface area contributed by atoms with E-state index in [-0.39, 0.29) is 36.9 Å². The van der Waals surface area contributed by atoms with Crippen molar-refractivity contribution in [2.75, 3.05) is 11.9 Å². The normalized spacial score (nSPS) is 10.6. The van der Waals surface area contributed by atoms with E-state index in [1.807, 2.05) is 25.1 Å². The molecule has 1 aromatic heterocycles. The molecule has 2 aromatic carbocycles. The third-order valence-electron chi connectivity index (χ3n) is 4.12. The topological polar surface area (TPSA) is 93.1 Å². The van der Waals surface area contributed by atoms with Gasteiger partial charge in [-0.25, -0.2) is 4.98 Å². The molecule has 0 saturated heterocycles. The highest BCUT2D eigenvalue weighted by atomic mass is 79.9. The van der Waals surface area contributed by atoms with Gasteiger partial charge < -0.3 is 10.6 Å². The van der Waals surface area contributed by atoms with Crippen molar-refractivity contribution in [2.24, 2.45) is 0 Å². The zero-order valence-corrected chi connectivity index (χ0v) is 16.8. The Balaban J connectivity index is 1.51. The Bertz CT molecular complexity index is 1090. The number of amides is 2. The predicted octanol–water partition coefficient (Wildman–Crippen LogP) is 2.61. The lowest BCUT2D eigenvalue weighted by Gasteiger charge is -2.10. The fraction of sp³-hybridized carbons (Fsp3) is 0.200. The van der Waals surface area contributed by atoms with E-state index in [4.69, 9.17) is 0 Å². The first kappa shape index (κ1) is 19.8. The summed E-state index contributed by atoms with van der Waals surface area (Å²) in [4.78, 5) is 40.7. The van der Waals surface area contributed by atoms with E-state index in [2.05, 4.69) is 31.5 Å². The predicted molar refractivity (Wildman–Crippen MR) is 111 cm³/mol. The monoisotopic (exact) mass is 442 g/mol. The smallest absolute Gasteiger partial charge is 0.261 e. The van der Waals surface area contributed by atoms with Crippen LogP contribution in [-0.2, 0) is 16.1 Å². The summed E-state index contributed by atoms with van der Waals surface area (Å²) in [5, 5.41) is 5.89. The highest BCUT2D eigenvalue weighted by Crippen LogP contribution is 2.23. The van der Waals surface area contributed by atoms with Crippen molar-refractivity contribution < 1.29 is 9.59 Å². The lowest BCUT2D eigenvalue weighted by molar-refractivity contribution is -0.121. The second kappa shape index (κ2) is 8.79. The molecule has 3 aromatic rings. The number of anilines is 1. The molecule has 28 heavy (non-hydrogen) atoms. The van der Waals surface area contributed by atoms with Gasteiger partial charge in [0.1, 0.15) is 6.54 Å². The van der Waals surface area contributed by atoms with Crippen LogP contribution < -0.4 is 16.2 Å². The Kier molecular flexibility index (Phi) is 6.20. The zero-order valence-electron chi connectivity index (χ0n) is 15.2. The van der Waals surface area contributed by atoms with E-state index in [0.717, 1.165) is 10.0 Å². The van der Waals surface area contributed by atoms with Gasteiger partial charge in [0, 0.05) is 17.4 Å². The molecule has 7 nitrogen and oxygen atoms in total. The largest absolute Gasteiger partial charge is 0.354 e. The second-order valence-electron chi connectivity index (χ2n) is 6.33. The number of fused-ring (bicyclic) bond motifs is 1. The third kappa shape index (κ3) is 4.83. The maximum Gasteiger partial charge on any atom is 0.261 e. The van der Waals surface area contributed by atoms with E-state index in [0.29, 0.717) is 16.6 Å². The number of benzene rings is 2. The van der Waals surface area contributed by atoms with Crippen molar-refractivity contribution in [1.82, 2.24) is 14.9 Å². The van der Waals surface area contributed by atoms with E-state index in [9.17, 15) is 14.4 Å². The molecular weight excluding hydrogens is 424 g/mol. The maximum absolute atomic E-state index is 12.4. The number of rotatable bonds is 6. The van der Waals surface area contributed by atoms with Gasteiger partial charge >= 0.3 is 0 Å². The molecule has 0 spiro atoms. The first-order valence-electron chi connectivity index (χ1n) is 8.71.